The Kier molecular flexibility index (Phi) is 4.66. The molecule has 0 amide bonds. The molecule has 0 saturated heterocycles. The van der Waals surface area contributed by atoms with Crippen LogP contribution in [-0.2, 0) is 0 Å². The average Bonchev–Trinajstić information content (AvgIpc) is 2.42. The van der Waals surface area contributed by atoms with Gasteiger partial charge >= 0.3 is 0 Å². The van der Waals surface area contributed by atoms with E-state index in [1.54, 1.807) is 0 Å². The average molecular weight is 339 g/mol. The van der Waals surface area contributed by atoms with E-state index in [1.165, 1.54) is 17.3 Å². The highest BCUT2D eigenvalue weighted by Gasteiger charge is 2.04. The van der Waals surface area contributed by atoms with Crippen LogP contribution in [0.25, 0.3) is 0 Å². The van der Waals surface area contributed by atoms with Crippen molar-refractivity contribution in [3.8, 4) is 0 Å². The second-order valence-electron chi connectivity index (χ2n) is 3.96. The van der Waals surface area contributed by atoms with Gasteiger partial charge in [-0.2, -0.15) is 0 Å². The van der Waals surface area contributed by atoms with E-state index in [0.717, 1.165) is 27.0 Å². The molecule has 2 N–H and O–H groups in total. The van der Waals surface area contributed by atoms with Gasteiger partial charge in [-0.3, -0.25) is 0 Å². The third-order valence-corrected chi connectivity index (χ3v) is 4.01. The van der Waals surface area contributed by atoms with Crippen molar-refractivity contribution in [1.29, 1.82) is 0 Å². The van der Waals surface area contributed by atoms with Gasteiger partial charge in [-0.25, -0.2) is 9.97 Å². The van der Waals surface area contributed by atoms with Crippen molar-refractivity contribution in [2.75, 3.05) is 23.9 Å². The maximum atomic E-state index is 4.44. The Balaban J connectivity index is 2.29. The molecule has 2 aromatic rings. The lowest BCUT2D eigenvalue weighted by atomic mass is 10.2. The lowest BCUT2D eigenvalue weighted by molar-refractivity contribution is 0.977. The normalized spacial score (nSPS) is 10.3. The summed E-state index contributed by atoms with van der Waals surface area (Å²) < 4.78 is 1.10. The first-order valence-electron chi connectivity index (χ1n) is 5.76. The van der Waals surface area contributed by atoms with Gasteiger partial charge in [-0.15, -0.1) is 0 Å². The molecule has 1 heterocycles. The number of aryl methyl sites for hydroxylation is 1. The molecule has 0 spiro atoms. The number of halogens is 1. The van der Waals surface area contributed by atoms with Crippen molar-refractivity contribution < 1.29 is 0 Å². The van der Waals surface area contributed by atoms with E-state index in [1.807, 2.05) is 31.5 Å². The summed E-state index contributed by atoms with van der Waals surface area (Å²) in [5.41, 5.74) is 2.19. The van der Waals surface area contributed by atoms with Crippen molar-refractivity contribution in [3.63, 3.8) is 0 Å². The minimum Gasteiger partial charge on any atom is -0.373 e. The Morgan fingerprint density at radius 3 is 2.53 bits per heavy atom. The van der Waals surface area contributed by atoms with Gasteiger partial charge in [0, 0.05) is 23.3 Å². The minimum atomic E-state index is 0.739. The van der Waals surface area contributed by atoms with Gasteiger partial charge in [-0.05, 0) is 36.9 Å². The second kappa shape index (κ2) is 6.25. The first-order chi connectivity index (χ1) is 9.12. The molecule has 4 nitrogen and oxygen atoms in total. The quantitative estimate of drug-likeness (QED) is 0.650. The molecular formula is C13H15BrN4S. The highest BCUT2D eigenvalue weighted by Crippen LogP contribution is 2.24. The van der Waals surface area contributed by atoms with Crippen molar-refractivity contribution in [1.82, 2.24) is 9.97 Å². The highest BCUT2D eigenvalue weighted by molar-refractivity contribution is 9.10. The van der Waals surface area contributed by atoms with Crippen LogP contribution in [-0.4, -0.2) is 23.3 Å². The van der Waals surface area contributed by atoms with Gasteiger partial charge in [0.05, 0.1) is 0 Å². The molecule has 0 atom stereocenters. The van der Waals surface area contributed by atoms with Gasteiger partial charge in [0.15, 0.2) is 5.16 Å². The third-order valence-electron chi connectivity index (χ3n) is 2.57. The molecule has 1 aromatic carbocycles. The zero-order valence-electron chi connectivity index (χ0n) is 11.0. The first kappa shape index (κ1) is 14.1. The van der Waals surface area contributed by atoms with Crippen LogP contribution in [0.5, 0.6) is 0 Å². The molecule has 19 heavy (non-hydrogen) atoms. The van der Waals surface area contributed by atoms with E-state index >= 15 is 0 Å². The SMILES string of the molecule is CNc1cc(Nc2ccc(Br)c(C)c2)nc(SC)n1. The summed E-state index contributed by atoms with van der Waals surface area (Å²) in [6, 6.07) is 7.99. The molecule has 100 valence electrons. The van der Waals surface area contributed by atoms with Crippen LogP contribution < -0.4 is 10.6 Å². The number of benzene rings is 1. The molecule has 0 aliphatic heterocycles. The fraction of sp³-hybridized carbons (Fsp3) is 0.231. The number of thioether (sulfide) groups is 1. The Morgan fingerprint density at radius 2 is 1.89 bits per heavy atom. The summed E-state index contributed by atoms with van der Waals surface area (Å²) in [5, 5.41) is 7.07. The van der Waals surface area contributed by atoms with Crippen LogP contribution in [0.1, 0.15) is 5.56 Å². The lowest BCUT2D eigenvalue weighted by Gasteiger charge is -2.10. The first-order valence-corrected chi connectivity index (χ1v) is 7.78. The van der Waals surface area contributed by atoms with E-state index in [4.69, 9.17) is 0 Å². The molecule has 6 heteroatoms. The summed E-state index contributed by atoms with van der Waals surface area (Å²) in [4.78, 5) is 8.77. The molecule has 0 fully saturated rings. The molecule has 1 aromatic heterocycles. The predicted molar refractivity (Wildman–Crippen MR) is 85.5 cm³/mol. The van der Waals surface area contributed by atoms with Crippen LogP contribution in [0.15, 0.2) is 33.9 Å². The number of anilines is 3. The Bertz CT molecular complexity index is 567. The maximum absolute atomic E-state index is 4.44. The number of hydrogen-bond donors (Lipinski definition) is 2. The summed E-state index contributed by atoms with van der Waals surface area (Å²) in [6.45, 7) is 2.06. The summed E-state index contributed by atoms with van der Waals surface area (Å²) in [5.74, 6) is 1.58. The largest absolute Gasteiger partial charge is 0.373 e. The molecule has 2 rings (SSSR count). The van der Waals surface area contributed by atoms with Crippen molar-refractivity contribution in [3.05, 3.63) is 34.3 Å². The van der Waals surface area contributed by atoms with Crippen LogP contribution in [0, 0.1) is 6.92 Å². The van der Waals surface area contributed by atoms with Gasteiger partial charge in [0.1, 0.15) is 11.6 Å². The standard InChI is InChI=1S/C13H15BrN4S/c1-8-6-9(4-5-10(8)14)16-12-7-11(15-2)17-13(18-12)19-3/h4-7H,1-3H3,(H2,15,16,17,18). The number of rotatable bonds is 4. The van der Waals surface area contributed by atoms with Gasteiger partial charge in [-0.1, -0.05) is 27.7 Å². The molecule has 0 aliphatic carbocycles. The zero-order chi connectivity index (χ0) is 13.8. The zero-order valence-corrected chi connectivity index (χ0v) is 13.4. The topological polar surface area (TPSA) is 49.8 Å². The molecule has 0 saturated carbocycles. The van der Waals surface area contributed by atoms with Gasteiger partial charge < -0.3 is 10.6 Å². The van der Waals surface area contributed by atoms with Gasteiger partial charge in [0.2, 0.25) is 0 Å². The number of nitrogens with one attached hydrogen (secondary N) is 2. The van der Waals surface area contributed by atoms with E-state index in [2.05, 4.69) is 49.5 Å². The van der Waals surface area contributed by atoms with Gasteiger partial charge in [0.25, 0.3) is 0 Å². The third kappa shape index (κ3) is 3.61. The number of nitrogens with zero attached hydrogens (tertiary/aromatic N) is 2. The van der Waals surface area contributed by atoms with Crippen LogP contribution in [0.2, 0.25) is 0 Å². The number of aromatic nitrogens is 2. The Hall–Kier alpha value is -1.27. The molecule has 0 radical (unpaired) electrons. The highest BCUT2D eigenvalue weighted by atomic mass is 79.9. The number of hydrogen-bond acceptors (Lipinski definition) is 5. The molecule has 0 unspecified atom stereocenters. The second-order valence-corrected chi connectivity index (χ2v) is 5.59. The molecule has 0 aliphatic rings. The minimum absolute atomic E-state index is 0.739. The fourth-order valence-electron chi connectivity index (χ4n) is 1.58. The smallest absolute Gasteiger partial charge is 0.191 e. The Labute approximate surface area is 125 Å². The van der Waals surface area contributed by atoms with Crippen molar-refractivity contribution in [2.24, 2.45) is 0 Å². The predicted octanol–water partition coefficient (Wildman–Crippen LogP) is 4.05. The summed E-state index contributed by atoms with van der Waals surface area (Å²) in [7, 11) is 1.85. The summed E-state index contributed by atoms with van der Waals surface area (Å²) in [6.07, 6.45) is 1.96. The van der Waals surface area contributed by atoms with Crippen LogP contribution in [0.3, 0.4) is 0 Å². The monoisotopic (exact) mass is 338 g/mol. The van der Waals surface area contributed by atoms with Crippen molar-refractivity contribution >= 4 is 45.0 Å². The van der Waals surface area contributed by atoms with Crippen LogP contribution >= 0.6 is 27.7 Å². The maximum Gasteiger partial charge on any atom is 0.191 e. The fourth-order valence-corrected chi connectivity index (χ4v) is 2.20. The Morgan fingerprint density at radius 1 is 1.16 bits per heavy atom. The van der Waals surface area contributed by atoms with Crippen LogP contribution in [0.4, 0.5) is 17.3 Å². The lowest BCUT2D eigenvalue weighted by Crippen LogP contribution is -2.00. The van der Waals surface area contributed by atoms with E-state index < -0.39 is 0 Å². The van der Waals surface area contributed by atoms with E-state index in [9.17, 15) is 0 Å². The summed E-state index contributed by atoms with van der Waals surface area (Å²) >= 11 is 5.01. The van der Waals surface area contributed by atoms with E-state index in [0.29, 0.717) is 0 Å². The molecular weight excluding hydrogens is 324 g/mol. The van der Waals surface area contributed by atoms with E-state index in [-0.39, 0.29) is 0 Å². The molecule has 0 bridgehead atoms. The van der Waals surface area contributed by atoms with Crippen molar-refractivity contribution in [2.45, 2.75) is 12.1 Å².